The molecule has 0 unspecified atom stereocenters. The summed E-state index contributed by atoms with van der Waals surface area (Å²) in [6, 6.07) is 6.52. The van der Waals surface area contributed by atoms with Crippen molar-refractivity contribution in [2.45, 2.75) is 18.1 Å². The molecular formula is C14H16Cl2FN3S. The third-order valence-corrected chi connectivity index (χ3v) is 3.95. The third kappa shape index (κ3) is 6.18. The molecular weight excluding hydrogens is 332 g/mol. The Morgan fingerprint density at radius 2 is 1.95 bits per heavy atom. The number of hydrogen-bond donors (Lipinski definition) is 1. The van der Waals surface area contributed by atoms with Crippen LogP contribution in [0.5, 0.6) is 0 Å². The Morgan fingerprint density at radius 3 is 2.67 bits per heavy atom. The van der Waals surface area contributed by atoms with Crippen LogP contribution in [-0.2, 0) is 6.54 Å². The normalized spacial score (nSPS) is 10.2. The molecule has 1 aromatic heterocycles. The van der Waals surface area contributed by atoms with Gasteiger partial charge in [0.2, 0.25) is 0 Å². The van der Waals surface area contributed by atoms with Crippen molar-refractivity contribution in [1.82, 2.24) is 15.3 Å². The largest absolute Gasteiger partial charge is 0.312 e. The molecule has 7 heteroatoms. The second-order valence-corrected chi connectivity index (χ2v) is 5.58. The first-order chi connectivity index (χ1) is 9.77. The minimum Gasteiger partial charge on any atom is -0.312 e. The molecule has 0 spiro atoms. The molecule has 0 saturated heterocycles. The maximum Gasteiger partial charge on any atom is 0.187 e. The fourth-order valence-corrected chi connectivity index (χ4v) is 2.61. The highest BCUT2D eigenvalue weighted by atomic mass is 35.5. The Morgan fingerprint density at radius 1 is 1.19 bits per heavy atom. The number of benzene rings is 1. The first-order valence-corrected chi connectivity index (χ1v) is 7.67. The monoisotopic (exact) mass is 347 g/mol. The van der Waals surface area contributed by atoms with Gasteiger partial charge in [-0.1, -0.05) is 29.4 Å². The van der Waals surface area contributed by atoms with Gasteiger partial charge in [0.15, 0.2) is 5.16 Å². The maximum absolute atomic E-state index is 13.5. The van der Waals surface area contributed by atoms with E-state index in [2.05, 4.69) is 15.3 Å². The van der Waals surface area contributed by atoms with Gasteiger partial charge in [0.25, 0.3) is 0 Å². The number of hydrogen-bond acceptors (Lipinski definition) is 4. The number of halogens is 3. The van der Waals surface area contributed by atoms with Crippen LogP contribution in [-0.4, -0.2) is 22.3 Å². The van der Waals surface area contributed by atoms with Crippen LogP contribution in [0.1, 0.15) is 12.0 Å². The molecule has 0 aliphatic heterocycles. The Kier molecular flexibility index (Phi) is 8.61. The van der Waals surface area contributed by atoms with Crippen molar-refractivity contribution in [1.29, 1.82) is 0 Å². The van der Waals surface area contributed by atoms with E-state index in [1.165, 1.54) is 6.07 Å². The molecule has 0 radical (unpaired) electrons. The smallest absolute Gasteiger partial charge is 0.187 e. The lowest BCUT2D eigenvalue weighted by Crippen LogP contribution is -2.16. The van der Waals surface area contributed by atoms with E-state index in [0.717, 1.165) is 23.9 Å². The van der Waals surface area contributed by atoms with Crippen molar-refractivity contribution < 1.29 is 4.39 Å². The fourth-order valence-electron chi connectivity index (χ4n) is 1.64. The van der Waals surface area contributed by atoms with Crippen LogP contribution in [0.4, 0.5) is 4.39 Å². The molecule has 0 amide bonds. The average molecular weight is 348 g/mol. The molecule has 21 heavy (non-hydrogen) atoms. The van der Waals surface area contributed by atoms with Gasteiger partial charge in [-0.3, -0.25) is 0 Å². The SMILES string of the molecule is Cl.Fc1cccc(Cl)c1CNCCCSc1ncccn1. The van der Waals surface area contributed by atoms with Crippen molar-refractivity contribution in [3.05, 3.63) is 53.1 Å². The van der Waals surface area contributed by atoms with Crippen molar-refractivity contribution >= 4 is 35.8 Å². The summed E-state index contributed by atoms with van der Waals surface area (Å²) < 4.78 is 13.5. The van der Waals surface area contributed by atoms with Crippen LogP contribution in [0.3, 0.4) is 0 Å². The Balaban J connectivity index is 0.00000220. The van der Waals surface area contributed by atoms with E-state index in [0.29, 0.717) is 17.1 Å². The van der Waals surface area contributed by atoms with E-state index in [9.17, 15) is 4.39 Å². The molecule has 1 heterocycles. The number of nitrogens with one attached hydrogen (secondary N) is 1. The van der Waals surface area contributed by atoms with Gasteiger partial charge in [0.1, 0.15) is 5.82 Å². The predicted molar refractivity (Wildman–Crippen MR) is 87.7 cm³/mol. The fraction of sp³-hybridized carbons (Fsp3) is 0.286. The van der Waals surface area contributed by atoms with Gasteiger partial charge in [-0.2, -0.15) is 0 Å². The molecule has 0 atom stereocenters. The molecule has 3 nitrogen and oxygen atoms in total. The average Bonchev–Trinajstić information content (AvgIpc) is 2.46. The van der Waals surface area contributed by atoms with E-state index in [-0.39, 0.29) is 18.2 Å². The predicted octanol–water partition coefficient (Wildman–Crippen LogP) is 3.96. The summed E-state index contributed by atoms with van der Waals surface area (Å²) >= 11 is 7.56. The number of nitrogens with zero attached hydrogens (tertiary/aromatic N) is 2. The topological polar surface area (TPSA) is 37.8 Å². The Labute approximate surface area is 139 Å². The molecule has 2 rings (SSSR count). The molecule has 1 aromatic carbocycles. The lowest BCUT2D eigenvalue weighted by atomic mass is 10.2. The highest BCUT2D eigenvalue weighted by Crippen LogP contribution is 2.18. The minimum absolute atomic E-state index is 0. The number of rotatable bonds is 7. The van der Waals surface area contributed by atoms with Gasteiger partial charge in [-0.25, -0.2) is 14.4 Å². The zero-order valence-electron chi connectivity index (χ0n) is 11.3. The second kappa shape index (κ2) is 9.95. The van der Waals surface area contributed by atoms with Crippen molar-refractivity contribution in [3.63, 3.8) is 0 Å². The zero-order valence-corrected chi connectivity index (χ0v) is 13.6. The maximum atomic E-state index is 13.5. The first-order valence-electron chi connectivity index (χ1n) is 6.31. The lowest BCUT2D eigenvalue weighted by molar-refractivity contribution is 0.587. The molecule has 114 valence electrons. The molecule has 0 bridgehead atoms. The van der Waals surface area contributed by atoms with E-state index in [1.807, 2.05) is 0 Å². The second-order valence-electron chi connectivity index (χ2n) is 4.11. The molecule has 0 aliphatic carbocycles. The van der Waals surface area contributed by atoms with Crippen LogP contribution in [0.15, 0.2) is 41.8 Å². The minimum atomic E-state index is -0.267. The summed E-state index contributed by atoms with van der Waals surface area (Å²) in [5.41, 5.74) is 0.521. The standard InChI is InChI=1S/C14H15ClFN3S.ClH/c15-12-4-1-5-13(16)11(12)10-17-6-3-9-20-14-18-7-2-8-19-14;/h1-2,4-5,7-8,17H,3,6,9-10H2;1H. The van der Waals surface area contributed by atoms with Gasteiger partial charge in [-0.15, -0.1) is 12.4 Å². The van der Waals surface area contributed by atoms with Gasteiger partial charge in [0, 0.05) is 35.3 Å². The van der Waals surface area contributed by atoms with Crippen LogP contribution < -0.4 is 5.32 Å². The summed E-state index contributed by atoms with van der Waals surface area (Å²) in [6.07, 6.45) is 4.41. The highest BCUT2D eigenvalue weighted by Gasteiger charge is 2.05. The molecule has 2 aromatic rings. The summed E-state index contributed by atoms with van der Waals surface area (Å²) in [4.78, 5) is 8.26. The molecule has 0 aliphatic rings. The van der Waals surface area contributed by atoms with E-state index >= 15 is 0 Å². The highest BCUT2D eigenvalue weighted by molar-refractivity contribution is 7.99. The number of aromatic nitrogens is 2. The molecule has 0 saturated carbocycles. The van der Waals surface area contributed by atoms with E-state index < -0.39 is 0 Å². The first kappa shape index (κ1) is 18.2. The van der Waals surface area contributed by atoms with Crippen LogP contribution in [0.25, 0.3) is 0 Å². The van der Waals surface area contributed by atoms with Gasteiger partial charge in [0.05, 0.1) is 0 Å². The summed E-state index contributed by atoms with van der Waals surface area (Å²) in [6.45, 7) is 1.24. The van der Waals surface area contributed by atoms with Crippen molar-refractivity contribution in [2.75, 3.05) is 12.3 Å². The summed E-state index contributed by atoms with van der Waals surface area (Å²) in [5, 5.41) is 4.44. The summed E-state index contributed by atoms with van der Waals surface area (Å²) in [7, 11) is 0. The Bertz CT molecular complexity index is 523. The van der Waals surface area contributed by atoms with E-state index in [4.69, 9.17) is 11.6 Å². The molecule has 0 fully saturated rings. The van der Waals surface area contributed by atoms with Crippen LogP contribution in [0.2, 0.25) is 5.02 Å². The lowest BCUT2D eigenvalue weighted by Gasteiger charge is -2.07. The number of thioether (sulfide) groups is 1. The van der Waals surface area contributed by atoms with Gasteiger partial charge >= 0.3 is 0 Å². The van der Waals surface area contributed by atoms with Gasteiger partial charge in [-0.05, 0) is 31.2 Å². The van der Waals surface area contributed by atoms with Crippen LogP contribution in [0, 0.1) is 5.82 Å². The van der Waals surface area contributed by atoms with Crippen molar-refractivity contribution in [2.24, 2.45) is 0 Å². The Hall–Kier alpha value is -0.880. The van der Waals surface area contributed by atoms with Crippen LogP contribution >= 0.6 is 35.8 Å². The zero-order chi connectivity index (χ0) is 14.2. The van der Waals surface area contributed by atoms with Gasteiger partial charge < -0.3 is 5.32 Å². The quantitative estimate of drug-likeness (QED) is 0.467. The summed E-state index contributed by atoms with van der Waals surface area (Å²) in [5.74, 6) is 0.652. The molecule has 1 N–H and O–H groups in total. The third-order valence-electron chi connectivity index (χ3n) is 2.63. The van der Waals surface area contributed by atoms with E-state index in [1.54, 1.807) is 42.4 Å². The van der Waals surface area contributed by atoms with Crippen molar-refractivity contribution in [3.8, 4) is 0 Å².